The SMILES string of the molecule is NS(=O)(=O)c1ccc(N=C2SC(Cc3ccnc4ccccc34)C(=O)N2C2CCCCC2)cc1. The second-order valence-electron chi connectivity index (χ2n) is 8.73. The van der Waals surface area contributed by atoms with Gasteiger partial charge >= 0.3 is 0 Å². The average molecular weight is 495 g/mol. The maximum Gasteiger partial charge on any atom is 0.242 e. The van der Waals surface area contributed by atoms with Gasteiger partial charge in [-0.3, -0.25) is 14.7 Å². The van der Waals surface area contributed by atoms with E-state index in [0.29, 0.717) is 17.3 Å². The van der Waals surface area contributed by atoms with Gasteiger partial charge in [0.2, 0.25) is 15.9 Å². The number of fused-ring (bicyclic) bond motifs is 1. The third-order valence-electron chi connectivity index (χ3n) is 6.44. The molecule has 34 heavy (non-hydrogen) atoms. The molecule has 1 unspecified atom stereocenters. The molecule has 1 atom stereocenters. The van der Waals surface area contributed by atoms with Crippen LogP contribution in [0.2, 0.25) is 0 Å². The first-order chi connectivity index (χ1) is 16.4. The molecule has 1 amide bonds. The van der Waals surface area contributed by atoms with Crippen molar-refractivity contribution in [2.75, 3.05) is 0 Å². The van der Waals surface area contributed by atoms with Gasteiger partial charge in [-0.25, -0.2) is 18.5 Å². The number of para-hydroxylation sites is 1. The summed E-state index contributed by atoms with van der Waals surface area (Å²) >= 11 is 1.49. The fraction of sp³-hybridized carbons (Fsp3) is 0.320. The van der Waals surface area contributed by atoms with Gasteiger partial charge in [-0.1, -0.05) is 49.2 Å². The predicted molar refractivity (Wildman–Crippen MR) is 135 cm³/mol. The Morgan fingerprint density at radius 1 is 1.03 bits per heavy atom. The molecule has 176 valence electrons. The number of sulfonamides is 1. The summed E-state index contributed by atoms with van der Waals surface area (Å²) in [4.78, 5) is 24.8. The number of amides is 1. The highest BCUT2D eigenvalue weighted by molar-refractivity contribution is 8.15. The number of benzene rings is 2. The van der Waals surface area contributed by atoms with Crippen LogP contribution in [0.15, 0.2) is 70.7 Å². The van der Waals surface area contributed by atoms with Crippen LogP contribution < -0.4 is 5.14 Å². The first kappa shape index (κ1) is 23.0. The second-order valence-corrected chi connectivity index (χ2v) is 11.5. The lowest BCUT2D eigenvalue weighted by Gasteiger charge is -2.30. The lowest BCUT2D eigenvalue weighted by Crippen LogP contribution is -2.42. The molecule has 5 rings (SSSR count). The minimum absolute atomic E-state index is 0.0400. The maximum atomic E-state index is 13.6. The van der Waals surface area contributed by atoms with Gasteiger partial charge in [0.25, 0.3) is 0 Å². The molecule has 9 heteroatoms. The molecule has 2 heterocycles. The maximum absolute atomic E-state index is 13.6. The van der Waals surface area contributed by atoms with Crippen molar-refractivity contribution in [3.05, 3.63) is 66.4 Å². The summed E-state index contributed by atoms with van der Waals surface area (Å²) in [5, 5.41) is 6.69. The molecule has 3 aromatic rings. The molecule has 1 aliphatic carbocycles. The Bertz CT molecular complexity index is 1340. The third-order valence-corrected chi connectivity index (χ3v) is 8.52. The molecule has 0 radical (unpaired) electrons. The van der Waals surface area contributed by atoms with Gasteiger partial charge in [0.05, 0.1) is 21.3 Å². The van der Waals surface area contributed by atoms with E-state index in [9.17, 15) is 13.2 Å². The summed E-state index contributed by atoms with van der Waals surface area (Å²) < 4.78 is 23.2. The molecule has 1 saturated carbocycles. The molecule has 1 aliphatic heterocycles. The van der Waals surface area contributed by atoms with Crippen LogP contribution in [0.1, 0.15) is 37.7 Å². The number of amidine groups is 1. The summed E-state index contributed by atoms with van der Waals surface area (Å²) in [6.45, 7) is 0. The van der Waals surface area contributed by atoms with Crippen molar-refractivity contribution in [1.29, 1.82) is 0 Å². The zero-order valence-electron chi connectivity index (χ0n) is 18.6. The van der Waals surface area contributed by atoms with Gasteiger partial charge in [0.1, 0.15) is 0 Å². The van der Waals surface area contributed by atoms with Crippen molar-refractivity contribution in [3.8, 4) is 0 Å². The zero-order chi connectivity index (χ0) is 23.7. The van der Waals surface area contributed by atoms with Gasteiger partial charge < -0.3 is 0 Å². The monoisotopic (exact) mass is 494 g/mol. The highest BCUT2D eigenvalue weighted by Gasteiger charge is 2.42. The first-order valence-corrected chi connectivity index (χ1v) is 13.9. The molecular weight excluding hydrogens is 468 g/mol. The molecule has 7 nitrogen and oxygen atoms in total. The highest BCUT2D eigenvalue weighted by atomic mass is 32.2. The fourth-order valence-corrected chi connectivity index (χ4v) is 6.48. The standard InChI is InChI=1S/C25H26N4O3S2/c26-34(31,32)20-12-10-18(11-13-20)28-25-29(19-6-2-1-3-7-19)24(30)23(33-25)16-17-14-15-27-22-9-5-4-8-21(17)22/h4-5,8-15,19,23H,1-3,6-7,16H2,(H2,26,31,32). The van der Waals surface area contributed by atoms with Crippen molar-refractivity contribution < 1.29 is 13.2 Å². The second kappa shape index (κ2) is 9.48. The van der Waals surface area contributed by atoms with E-state index < -0.39 is 10.0 Å². The summed E-state index contributed by atoms with van der Waals surface area (Å²) in [7, 11) is -3.77. The van der Waals surface area contributed by atoms with E-state index >= 15 is 0 Å². The number of nitrogens with two attached hydrogens (primary N) is 1. The fourth-order valence-electron chi connectivity index (χ4n) is 4.72. The smallest absolute Gasteiger partial charge is 0.242 e. The first-order valence-electron chi connectivity index (χ1n) is 11.4. The normalized spacial score (nSPS) is 21.0. The molecule has 1 saturated heterocycles. The van der Waals surface area contributed by atoms with E-state index in [-0.39, 0.29) is 22.1 Å². The summed E-state index contributed by atoms with van der Waals surface area (Å²) in [6.07, 6.45) is 7.74. The summed E-state index contributed by atoms with van der Waals surface area (Å²) in [5.41, 5.74) is 2.61. The van der Waals surface area contributed by atoms with Crippen molar-refractivity contribution >= 4 is 49.5 Å². The number of thioether (sulfide) groups is 1. The van der Waals surface area contributed by atoms with E-state index in [1.807, 2.05) is 35.2 Å². The number of aromatic nitrogens is 1. The third kappa shape index (κ3) is 4.73. The Hall–Kier alpha value is -2.75. The van der Waals surface area contributed by atoms with Crippen molar-refractivity contribution in [2.45, 2.75) is 54.7 Å². The number of nitrogens with zero attached hydrogens (tertiary/aromatic N) is 3. The van der Waals surface area contributed by atoms with Crippen LogP contribution in [0.4, 0.5) is 5.69 Å². The van der Waals surface area contributed by atoms with Crippen LogP contribution in [-0.2, 0) is 21.2 Å². The van der Waals surface area contributed by atoms with Gasteiger partial charge in [-0.05, 0) is 61.2 Å². The van der Waals surface area contributed by atoms with E-state index in [4.69, 9.17) is 10.1 Å². The number of carbonyl (C=O) groups excluding carboxylic acids is 1. The minimum Gasteiger partial charge on any atom is -0.287 e. The molecule has 2 N–H and O–H groups in total. The Labute approximate surface area is 203 Å². The van der Waals surface area contributed by atoms with E-state index in [0.717, 1.165) is 42.1 Å². The van der Waals surface area contributed by atoms with Gasteiger partial charge in [0, 0.05) is 17.6 Å². The summed E-state index contributed by atoms with van der Waals surface area (Å²) in [5.74, 6) is 0.0951. The van der Waals surface area contributed by atoms with E-state index in [1.54, 1.807) is 18.3 Å². The molecule has 2 aromatic carbocycles. The largest absolute Gasteiger partial charge is 0.287 e. The number of hydrogen-bond donors (Lipinski definition) is 1. The van der Waals surface area contributed by atoms with Crippen molar-refractivity contribution in [1.82, 2.24) is 9.88 Å². The summed E-state index contributed by atoms with van der Waals surface area (Å²) in [6, 6.07) is 16.3. The molecule has 0 bridgehead atoms. The van der Waals surface area contributed by atoms with Crippen molar-refractivity contribution in [3.63, 3.8) is 0 Å². The van der Waals surface area contributed by atoms with Crippen molar-refractivity contribution in [2.24, 2.45) is 10.1 Å². The van der Waals surface area contributed by atoms with Gasteiger partial charge in [-0.15, -0.1) is 0 Å². The Morgan fingerprint density at radius 2 is 1.76 bits per heavy atom. The number of aliphatic imine (C=N–C) groups is 1. The van der Waals surface area contributed by atoms with Crippen LogP contribution in [0.3, 0.4) is 0 Å². The molecule has 2 fully saturated rings. The molecule has 0 spiro atoms. The zero-order valence-corrected chi connectivity index (χ0v) is 20.3. The Kier molecular flexibility index (Phi) is 6.42. The Morgan fingerprint density at radius 3 is 2.50 bits per heavy atom. The quantitative estimate of drug-likeness (QED) is 0.566. The van der Waals surface area contributed by atoms with Gasteiger partial charge in [-0.2, -0.15) is 0 Å². The van der Waals surface area contributed by atoms with Crippen LogP contribution >= 0.6 is 11.8 Å². The number of hydrogen-bond acceptors (Lipinski definition) is 6. The number of pyridine rings is 1. The van der Waals surface area contributed by atoms with Crippen LogP contribution in [0.25, 0.3) is 10.9 Å². The lowest BCUT2D eigenvalue weighted by atomic mass is 9.94. The highest BCUT2D eigenvalue weighted by Crippen LogP contribution is 2.37. The van der Waals surface area contributed by atoms with Crippen LogP contribution in [0.5, 0.6) is 0 Å². The Balaban J connectivity index is 1.47. The van der Waals surface area contributed by atoms with E-state index in [2.05, 4.69) is 4.98 Å². The number of primary sulfonamides is 1. The predicted octanol–water partition coefficient (Wildman–Crippen LogP) is 4.39. The number of carbonyl (C=O) groups is 1. The van der Waals surface area contributed by atoms with Gasteiger partial charge in [0.15, 0.2) is 5.17 Å². The topological polar surface area (TPSA) is 106 Å². The number of rotatable bonds is 5. The lowest BCUT2D eigenvalue weighted by molar-refractivity contribution is -0.128. The molecular formula is C25H26N4O3S2. The van der Waals surface area contributed by atoms with Crippen LogP contribution in [-0.4, -0.2) is 40.7 Å². The van der Waals surface area contributed by atoms with Crippen LogP contribution in [0, 0.1) is 0 Å². The average Bonchev–Trinajstić information content (AvgIpc) is 3.14. The molecule has 2 aliphatic rings. The molecule has 1 aromatic heterocycles. The van der Waals surface area contributed by atoms with E-state index in [1.165, 1.54) is 30.3 Å². The minimum atomic E-state index is -3.77.